The van der Waals surface area contributed by atoms with E-state index in [-0.39, 0.29) is 18.4 Å². The zero-order valence-electron chi connectivity index (χ0n) is 20.3. The summed E-state index contributed by atoms with van der Waals surface area (Å²) in [5, 5.41) is 0. The van der Waals surface area contributed by atoms with Gasteiger partial charge in [0.1, 0.15) is 5.75 Å². The van der Waals surface area contributed by atoms with Gasteiger partial charge in [0.05, 0.1) is 31.6 Å². The average Bonchev–Trinajstić information content (AvgIpc) is 2.78. The minimum absolute atomic E-state index is 0.0219. The Morgan fingerprint density at radius 2 is 1.84 bits per heavy atom. The number of benzene rings is 1. The first-order valence-electron chi connectivity index (χ1n) is 12.5. The maximum Gasteiger partial charge on any atom is 0.328 e. The Labute approximate surface area is 195 Å². The largest absolute Gasteiger partial charge is 0.494 e. The van der Waals surface area contributed by atoms with Gasteiger partial charge < -0.3 is 18.9 Å². The van der Waals surface area contributed by atoms with Gasteiger partial charge in [0, 0.05) is 13.1 Å². The molecular formula is C25H44NO5P. The summed E-state index contributed by atoms with van der Waals surface area (Å²) in [6.07, 6.45) is 8.99. The molecule has 0 radical (unpaired) electrons. The van der Waals surface area contributed by atoms with Crippen molar-refractivity contribution < 1.29 is 23.5 Å². The van der Waals surface area contributed by atoms with Crippen molar-refractivity contribution >= 4 is 7.60 Å². The first-order chi connectivity index (χ1) is 15.4. The molecule has 184 valence electrons. The molecule has 0 amide bonds. The molecule has 1 aromatic rings. The van der Waals surface area contributed by atoms with Gasteiger partial charge >= 0.3 is 7.60 Å². The van der Waals surface area contributed by atoms with Crippen molar-refractivity contribution in [2.75, 3.05) is 39.0 Å². The van der Waals surface area contributed by atoms with Crippen molar-refractivity contribution in [1.29, 1.82) is 0 Å². The third-order valence-electron chi connectivity index (χ3n) is 6.00. The fraction of sp³-hybridized carbons (Fsp3) is 0.760. The highest BCUT2D eigenvalue weighted by atomic mass is 31.2. The number of ether oxygens (including phenoxy) is 2. The van der Waals surface area contributed by atoms with E-state index in [4.69, 9.17) is 14.0 Å². The quantitative estimate of drug-likeness (QED) is 0.230. The molecule has 2 rings (SSSR count). The van der Waals surface area contributed by atoms with Crippen molar-refractivity contribution in [1.82, 2.24) is 4.90 Å². The smallest absolute Gasteiger partial charge is 0.328 e. The van der Waals surface area contributed by atoms with E-state index in [9.17, 15) is 9.46 Å². The molecule has 0 aromatic heterocycles. The molecule has 3 unspecified atom stereocenters. The molecule has 1 aromatic carbocycles. The van der Waals surface area contributed by atoms with Crippen LogP contribution in [0.15, 0.2) is 24.3 Å². The van der Waals surface area contributed by atoms with E-state index in [1.54, 1.807) is 0 Å². The van der Waals surface area contributed by atoms with E-state index in [0.29, 0.717) is 13.0 Å². The lowest BCUT2D eigenvalue weighted by molar-refractivity contribution is -0.0298. The number of nitrogens with zero attached hydrogens (tertiary/aromatic N) is 1. The number of rotatable bonds is 16. The summed E-state index contributed by atoms with van der Waals surface area (Å²) in [6.45, 7) is 9.87. The van der Waals surface area contributed by atoms with Crippen LogP contribution >= 0.6 is 7.60 Å². The molecule has 1 N–H and O–H groups in total. The molecule has 0 saturated carbocycles. The lowest BCUT2D eigenvalue weighted by atomic mass is 10.1. The maximum absolute atomic E-state index is 12.2. The fourth-order valence-electron chi connectivity index (χ4n) is 3.86. The first-order valence-corrected chi connectivity index (χ1v) is 14.3. The molecule has 0 aliphatic carbocycles. The molecule has 7 heteroatoms. The highest BCUT2D eigenvalue weighted by molar-refractivity contribution is 7.52. The summed E-state index contributed by atoms with van der Waals surface area (Å²) in [6, 6.07) is 8.24. The highest BCUT2D eigenvalue weighted by Crippen LogP contribution is 2.44. The van der Waals surface area contributed by atoms with Gasteiger partial charge in [-0.05, 0) is 50.4 Å². The zero-order valence-corrected chi connectivity index (χ0v) is 21.2. The van der Waals surface area contributed by atoms with Crippen molar-refractivity contribution in [3.8, 4) is 5.75 Å². The molecule has 3 atom stereocenters. The average molecular weight is 470 g/mol. The SMILES string of the molecule is CCCCCCCCOc1ccc(C2CN(CCCP(=O)(O)OC(C)CC)CCO2)cc1. The third kappa shape index (κ3) is 10.8. The van der Waals surface area contributed by atoms with Gasteiger partial charge in [0.2, 0.25) is 0 Å². The summed E-state index contributed by atoms with van der Waals surface area (Å²) >= 11 is 0. The van der Waals surface area contributed by atoms with Crippen LogP contribution in [0.3, 0.4) is 0 Å². The predicted molar refractivity (Wildman–Crippen MR) is 131 cm³/mol. The summed E-state index contributed by atoms with van der Waals surface area (Å²) in [7, 11) is -3.50. The molecule has 1 aliphatic heterocycles. The monoisotopic (exact) mass is 469 g/mol. The summed E-state index contributed by atoms with van der Waals surface area (Å²) < 4.78 is 29.3. The predicted octanol–water partition coefficient (Wildman–Crippen LogP) is 6.19. The maximum atomic E-state index is 12.2. The Balaban J connectivity index is 1.69. The third-order valence-corrected chi connectivity index (χ3v) is 7.57. The van der Waals surface area contributed by atoms with Gasteiger partial charge in [-0.3, -0.25) is 9.46 Å². The fourth-order valence-corrected chi connectivity index (χ4v) is 5.22. The Hall–Kier alpha value is -0.910. The first kappa shape index (κ1) is 27.3. The standard InChI is InChI=1S/C25H44NO5P/c1-4-6-7-8-9-10-18-29-24-14-12-23(13-15-24)25-21-26(17-19-30-25)16-11-20-32(27,28)31-22(3)5-2/h12-15,22,25H,4-11,16-21H2,1-3H3,(H,27,28). The van der Waals surface area contributed by atoms with Crippen molar-refractivity contribution in [3.63, 3.8) is 0 Å². The number of hydrogen-bond acceptors (Lipinski definition) is 5. The molecule has 0 bridgehead atoms. The minimum atomic E-state index is -3.50. The van der Waals surface area contributed by atoms with Crippen molar-refractivity contribution in [2.24, 2.45) is 0 Å². The summed E-state index contributed by atoms with van der Waals surface area (Å²) in [5.41, 5.74) is 1.15. The molecule has 1 fully saturated rings. The summed E-state index contributed by atoms with van der Waals surface area (Å²) in [5.74, 6) is 0.912. The van der Waals surface area contributed by atoms with Crippen molar-refractivity contribution in [3.05, 3.63) is 29.8 Å². The van der Waals surface area contributed by atoms with Gasteiger partial charge in [-0.2, -0.15) is 0 Å². The van der Waals surface area contributed by atoms with Gasteiger partial charge in [0.15, 0.2) is 0 Å². The van der Waals surface area contributed by atoms with Crippen LogP contribution < -0.4 is 4.74 Å². The second-order valence-electron chi connectivity index (χ2n) is 8.88. The van der Waals surface area contributed by atoms with Gasteiger partial charge in [-0.25, -0.2) is 0 Å². The molecule has 1 aliphatic rings. The van der Waals surface area contributed by atoms with Crippen LogP contribution in [-0.4, -0.2) is 54.9 Å². The number of morpholine rings is 1. The Bertz CT molecular complexity index is 669. The normalized spacial score (nSPS) is 20.1. The molecule has 0 spiro atoms. The molecular weight excluding hydrogens is 425 g/mol. The topological polar surface area (TPSA) is 68.2 Å². The van der Waals surface area contributed by atoms with Crippen molar-refractivity contribution in [2.45, 2.75) is 84.3 Å². The van der Waals surface area contributed by atoms with Crippen LogP contribution in [0.4, 0.5) is 0 Å². The second kappa shape index (κ2) is 15.1. The Morgan fingerprint density at radius 1 is 1.12 bits per heavy atom. The van der Waals surface area contributed by atoms with Gasteiger partial charge in [-0.1, -0.05) is 58.1 Å². The van der Waals surface area contributed by atoms with Crippen LogP contribution in [-0.2, 0) is 13.8 Å². The van der Waals surface area contributed by atoms with Crippen LogP contribution in [0.25, 0.3) is 0 Å². The van der Waals surface area contributed by atoms with E-state index < -0.39 is 7.60 Å². The lowest BCUT2D eigenvalue weighted by Gasteiger charge is -2.33. The van der Waals surface area contributed by atoms with E-state index >= 15 is 0 Å². The summed E-state index contributed by atoms with van der Waals surface area (Å²) in [4.78, 5) is 12.3. The van der Waals surface area contributed by atoms with Crippen LogP contribution in [0, 0.1) is 0 Å². The second-order valence-corrected chi connectivity index (χ2v) is 10.8. The van der Waals surface area contributed by atoms with E-state index in [0.717, 1.165) is 50.4 Å². The highest BCUT2D eigenvalue weighted by Gasteiger charge is 2.25. The van der Waals surface area contributed by atoms with E-state index in [2.05, 4.69) is 24.0 Å². The minimum Gasteiger partial charge on any atom is -0.494 e. The molecule has 6 nitrogen and oxygen atoms in total. The van der Waals surface area contributed by atoms with E-state index in [1.807, 2.05) is 26.0 Å². The number of hydrogen-bond donors (Lipinski definition) is 1. The Kier molecular flexibility index (Phi) is 12.9. The molecule has 1 heterocycles. The van der Waals surface area contributed by atoms with E-state index in [1.165, 1.54) is 32.1 Å². The van der Waals surface area contributed by atoms with Gasteiger partial charge in [0.25, 0.3) is 0 Å². The molecule has 32 heavy (non-hydrogen) atoms. The molecule has 1 saturated heterocycles. The van der Waals surface area contributed by atoms with Gasteiger partial charge in [-0.15, -0.1) is 0 Å². The van der Waals surface area contributed by atoms with Crippen LogP contribution in [0.5, 0.6) is 5.75 Å². The van der Waals surface area contributed by atoms with Crippen LogP contribution in [0.1, 0.15) is 83.8 Å². The lowest BCUT2D eigenvalue weighted by Crippen LogP contribution is -2.39. The number of unbranched alkanes of at least 4 members (excludes halogenated alkanes) is 5. The zero-order chi connectivity index (χ0) is 23.2. The van der Waals surface area contributed by atoms with Crippen LogP contribution in [0.2, 0.25) is 0 Å². The Morgan fingerprint density at radius 3 is 2.56 bits per heavy atom.